The summed E-state index contributed by atoms with van der Waals surface area (Å²) in [6.45, 7) is 5.55. The van der Waals surface area contributed by atoms with Gasteiger partial charge < -0.3 is 9.73 Å². The van der Waals surface area contributed by atoms with Crippen molar-refractivity contribution in [3.8, 4) is 11.3 Å². The number of nitrogens with zero attached hydrogens (tertiary/aromatic N) is 2. The van der Waals surface area contributed by atoms with E-state index in [1.165, 1.54) is 11.3 Å². The first-order chi connectivity index (χ1) is 11.1. The largest absolute Gasteiger partial charge is 0.460 e. The van der Waals surface area contributed by atoms with Crippen LogP contribution in [0.2, 0.25) is 5.02 Å². The van der Waals surface area contributed by atoms with E-state index >= 15 is 0 Å². The van der Waals surface area contributed by atoms with E-state index < -0.39 is 0 Å². The number of hydrogen-bond donors (Lipinski definition) is 1. The number of furan rings is 1. The zero-order valence-electron chi connectivity index (χ0n) is 13.6. The molecule has 0 bridgehead atoms. The Kier molecular flexibility index (Phi) is 4.55. The van der Waals surface area contributed by atoms with Gasteiger partial charge in [-0.05, 0) is 38.1 Å². The second kappa shape index (κ2) is 6.60. The number of aromatic nitrogens is 2. The molecule has 1 N–H and O–H groups in total. The number of rotatable bonds is 5. The van der Waals surface area contributed by atoms with Gasteiger partial charge in [-0.1, -0.05) is 23.7 Å². The van der Waals surface area contributed by atoms with Gasteiger partial charge in [0.25, 0.3) is 0 Å². The number of aryl methyl sites for hydroxylation is 2. The lowest BCUT2D eigenvalue weighted by atomic mass is 10.2. The molecule has 0 unspecified atom stereocenters. The summed E-state index contributed by atoms with van der Waals surface area (Å²) < 4.78 is 7.80. The summed E-state index contributed by atoms with van der Waals surface area (Å²) >= 11 is 6.20. The molecule has 5 heteroatoms. The van der Waals surface area contributed by atoms with E-state index in [-0.39, 0.29) is 0 Å². The molecule has 0 saturated heterocycles. The predicted octanol–water partition coefficient (Wildman–Crippen LogP) is 4.24. The Morgan fingerprint density at radius 2 is 1.91 bits per heavy atom. The van der Waals surface area contributed by atoms with E-state index in [1.807, 2.05) is 55.1 Å². The molecule has 2 heterocycles. The molecule has 0 radical (unpaired) electrons. The minimum absolute atomic E-state index is 0.665. The highest BCUT2D eigenvalue weighted by atomic mass is 35.5. The monoisotopic (exact) mass is 329 g/mol. The van der Waals surface area contributed by atoms with Crippen LogP contribution in [0, 0.1) is 13.8 Å². The van der Waals surface area contributed by atoms with E-state index in [0.717, 1.165) is 29.3 Å². The van der Waals surface area contributed by atoms with E-state index in [1.54, 1.807) is 0 Å². The highest BCUT2D eigenvalue weighted by Gasteiger charge is 2.10. The van der Waals surface area contributed by atoms with Crippen LogP contribution in [0.4, 0.5) is 0 Å². The van der Waals surface area contributed by atoms with E-state index in [4.69, 9.17) is 16.0 Å². The van der Waals surface area contributed by atoms with Crippen LogP contribution in [0.25, 0.3) is 11.3 Å². The smallest absolute Gasteiger partial charge is 0.135 e. The molecule has 1 aromatic carbocycles. The van der Waals surface area contributed by atoms with Crippen LogP contribution < -0.4 is 5.32 Å². The molecular weight excluding hydrogens is 310 g/mol. The molecule has 0 atom stereocenters. The van der Waals surface area contributed by atoms with Gasteiger partial charge in [-0.15, -0.1) is 0 Å². The number of halogens is 1. The van der Waals surface area contributed by atoms with Gasteiger partial charge in [0, 0.05) is 30.4 Å². The summed E-state index contributed by atoms with van der Waals surface area (Å²) in [6.07, 6.45) is 0. The second-order valence-corrected chi connectivity index (χ2v) is 6.03. The standard InChI is InChI=1S/C18H20ClN3O/c1-12-16(13(2)22(3)21-12)11-20-10-14-8-9-18(23-14)15-6-4-5-7-17(15)19/h4-9,20H,10-11H2,1-3H3. The first-order valence-corrected chi connectivity index (χ1v) is 7.97. The average Bonchev–Trinajstić information content (AvgIpc) is 3.08. The van der Waals surface area contributed by atoms with Crippen LogP contribution in [0.5, 0.6) is 0 Å². The molecule has 120 valence electrons. The van der Waals surface area contributed by atoms with Crippen molar-refractivity contribution in [2.75, 3.05) is 0 Å². The van der Waals surface area contributed by atoms with Gasteiger partial charge in [0.2, 0.25) is 0 Å². The van der Waals surface area contributed by atoms with Gasteiger partial charge in [-0.3, -0.25) is 4.68 Å². The molecule has 23 heavy (non-hydrogen) atoms. The molecule has 0 aliphatic heterocycles. The fourth-order valence-electron chi connectivity index (χ4n) is 2.66. The van der Waals surface area contributed by atoms with Crippen LogP contribution >= 0.6 is 11.6 Å². The molecular formula is C18H20ClN3O. The van der Waals surface area contributed by atoms with Crippen LogP contribution in [0.3, 0.4) is 0 Å². The third-order valence-electron chi connectivity index (χ3n) is 4.06. The Morgan fingerprint density at radius 1 is 1.13 bits per heavy atom. The molecule has 3 rings (SSSR count). The van der Waals surface area contributed by atoms with Crippen LogP contribution in [-0.4, -0.2) is 9.78 Å². The van der Waals surface area contributed by atoms with Crippen molar-refractivity contribution >= 4 is 11.6 Å². The lowest BCUT2D eigenvalue weighted by Crippen LogP contribution is -2.13. The summed E-state index contributed by atoms with van der Waals surface area (Å²) in [7, 11) is 1.97. The summed E-state index contributed by atoms with van der Waals surface area (Å²) in [5.74, 6) is 1.68. The van der Waals surface area contributed by atoms with Gasteiger partial charge in [0.05, 0.1) is 17.3 Å². The predicted molar refractivity (Wildman–Crippen MR) is 92.4 cm³/mol. The Bertz CT molecular complexity index is 820. The van der Waals surface area contributed by atoms with Crippen LogP contribution in [0.1, 0.15) is 22.7 Å². The molecule has 2 aromatic heterocycles. The molecule has 0 aliphatic rings. The van der Waals surface area contributed by atoms with Crippen molar-refractivity contribution in [2.24, 2.45) is 7.05 Å². The number of nitrogens with one attached hydrogen (secondary N) is 1. The maximum absolute atomic E-state index is 6.20. The minimum atomic E-state index is 0.665. The number of hydrogen-bond acceptors (Lipinski definition) is 3. The third-order valence-corrected chi connectivity index (χ3v) is 4.39. The van der Waals surface area contributed by atoms with E-state index in [0.29, 0.717) is 11.6 Å². The third kappa shape index (κ3) is 3.33. The van der Waals surface area contributed by atoms with Crippen molar-refractivity contribution in [1.29, 1.82) is 0 Å². The molecule has 0 saturated carbocycles. The highest BCUT2D eigenvalue weighted by molar-refractivity contribution is 6.33. The zero-order chi connectivity index (χ0) is 16.4. The lowest BCUT2D eigenvalue weighted by molar-refractivity contribution is 0.493. The Labute approximate surface area is 141 Å². The summed E-state index contributed by atoms with van der Waals surface area (Å²) in [6, 6.07) is 11.6. The molecule has 0 spiro atoms. The summed E-state index contributed by atoms with van der Waals surface area (Å²) in [4.78, 5) is 0. The van der Waals surface area contributed by atoms with Crippen molar-refractivity contribution in [3.05, 3.63) is 64.1 Å². The highest BCUT2D eigenvalue weighted by Crippen LogP contribution is 2.29. The number of benzene rings is 1. The summed E-state index contributed by atoms with van der Waals surface area (Å²) in [5.41, 5.74) is 4.41. The topological polar surface area (TPSA) is 43.0 Å². The van der Waals surface area contributed by atoms with Gasteiger partial charge in [-0.2, -0.15) is 5.10 Å². The molecule has 0 amide bonds. The van der Waals surface area contributed by atoms with Crippen LogP contribution in [-0.2, 0) is 20.1 Å². The Hall–Kier alpha value is -2.04. The van der Waals surface area contributed by atoms with Gasteiger partial charge in [0.15, 0.2) is 0 Å². The lowest BCUT2D eigenvalue weighted by Gasteiger charge is -2.04. The maximum Gasteiger partial charge on any atom is 0.135 e. The van der Waals surface area contributed by atoms with Gasteiger partial charge >= 0.3 is 0 Å². The average molecular weight is 330 g/mol. The van der Waals surface area contributed by atoms with Crippen molar-refractivity contribution in [2.45, 2.75) is 26.9 Å². The quantitative estimate of drug-likeness (QED) is 0.761. The van der Waals surface area contributed by atoms with Crippen LogP contribution in [0.15, 0.2) is 40.8 Å². The van der Waals surface area contributed by atoms with Gasteiger partial charge in [0.1, 0.15) is 11.5 Å². The normalized spacial score (nSPS) is 11.1. The molecule has 0 aliphatic carbocycles. The second-order valence-electron chi connectivity index (χ2n) is 5.62. The summed E-state index contributed by atoms with van der Waals surface area (Å²) in [5, 5.41) is 8.54. The fraction of sp³-hybridized carbons (Fsp3) is 0.278. The first kappa shape index (κ1) is 15.8. The molecule has 0 fully saturated rings. The van der Waals surface area contributed by atoms with Crippen molar-refractivity contribution in [3.63, 3.8) is 0 Å². The van der Waals surface area contributed by atoms with Crippen molar-refractivity contribution < 1.29 is 4.42 Å². The SMILES string of the molecule is Cc1nn(C)c(C)c1CNCc1ccc(-c2ccccc2Cl)o1. The fourth-order valence-corrected chi connectivity index (χ4v) is 2.89. The Balaban J connectivity index is 1.65. The minimum Gasteiger partial charge on any atom is -0.460 e. The van der Waals surface area contributed by atoms with E-state index in [9.17, 15) is 0 Å². The van der Waals surface area contributed by atoms with Crippen molar-refractivity contribution in [1.82, 2.24) is 15.1 Å². The molecule has 4 nitrogen and oxygen atoms in total. The zero-order valence-corrected chi connectivity index (χ0v) is 14.3. The van der Waals surface area contributed by atoms with E-state index in [2.05, 4.69) is 17.3 Å². The maximum atomic E-state index is 6.20. The molecule has 3 aromatic rings. The Morgan fingerprint density at radius 3 is 2.61 bits per heavy atom. The first-order valence-electron chi connectivity index (χ1n) is 7.59. The van der Waals surface area contributed by atoms with Gasteiger partial charge in [-0.25, -0.2) is 0 Å².